The molecule has 4 rings (SSSR count). The van der Waals surface area contributed by atoms with Crippen LogP contribution in [0.4, 0.5) is 0 Å². The second-order valence-electron chi connectivity index (χ2n) is 7.31. The van der Waals surface area contributed by atoms with E-state index >= 15 is 0 Å². The van der Waals surface area contributed by atoms with Crippen LogP contribution in [0.15, 0.2) is 36.8 Å². The van der Waals surface area contributed by atoms with Crippen LogP contribution in [0.3, 0.4) is 0 Å². The number of aromatic carboxylic acids is 1. The number of rotatable bonds is 5. The van der Waals surface area contributed by atoms with Crippen LogP contribution >= 0.6 is 0 Å². The molecule has 0 atom stereocenters. The number of hydrogen-bond donors (Lipinski definition) is 2. The normalized spacial score (nSPS) is 15.2. The predicted molar refractivity (Wildman–Crippen MR) is 105 cm³/mol. The van der Waals surface area contributed by atoms with Crippen molar-refractivity contribution in [1.82, 2.24) is 19.7 Å². The number of carboxylic acid groups (broad SMARTS) is 1. The number of benzene rings is 1. The first-order valence-corrected chi connectivity index (χ1v) is 9.70. The number of nitrogens with zero attached hydrogens (tertiary/aromatic N) is 3. The van der Waals surface area contributed by atoms with Crippen molar-refractivity contribution in [3.05, 3.63) is 53.5 Å². The van der Waals surface area contributed by atoms with Gasteiger partial charge in [-0.25, -0.2) is 4.79 Å². The van der Waals surface area contributed by atoms with Gasteiger partial charge in [0.25, 0.3) is 0 Å². The van der Waals surface area contributed by atoms with Crippen molar-refractivity contribution >= 4 is 22.8 Å². The first-order valence-electron chi connectivity index (χ1n) is 9.70. The number of carboxylic acids is 1. The Morgan fingerprint density at radius 3 is 2.71 bits per heavy atom. The van der Waals surface area contributed by atoms with Crippen molar-refractivity contribution in [1.29, 1.82) is 0 Å². The molecule has 2 N–H and O–H groups in total. The summed E-state index contributed by atoms with van der Waals surface area (Å²) in [5.41, 5.74) is 3.62. The zero-order valence-electron chi connectivity index (χ0n) is 15.9. The molecule has 2 aromatic heterocycles. The Balaban J connectivity index is 1.40. The third kappa shape index (κ3) is 3.40. The molecule has 1 fully saturated rings. The number of carbonyl (C=O) groups is 2. The van der Waals surface area contributed by atoms with Crippen molar-refractivity contribution in [2.75, 3.05) is 13.1 Å². The molecule has 0 spiro atoms. The number of piperidine rings is 1. The highest BCUT2D eigenvalue weighted by atomic mass is 16.4. The average molecular weight is 380 g/mol. The van der Waals surface area contributed by atoms with E-state index in [0.717, 1.165) is 35.7 Å². The SMILES string of the molecule is CCc1cccc2c(CC(=O)N3CCC(n4cc(C(=O)O)cn4)CC3)c[nH]c12. The number of para-hydroxylation sites is 1. The molecule has 0 saturated carbocycles. The van der Waals surface area contributed by atoms with E-state index in [9.17, 15) is 9.59 Å². The van der Waals surface area contributed by atoms with Gasteiger partial charge in [0.2, 0.25) is 5.91 Å². The molecular formula is C21H24N4O3. The van der Waals surface area contributed by atoms with Gasteiger partial charge in [-0.15, -0.1) is 0 Å². The molecule has 1 saturated heterocycles. The molecule has 1 amide bonds. The van der Waals surface area contributed by atoms with Gasteiger partial charge in [-0.2, -0.15) is 5.10 Å². The summed E-state index contributed by atoms with van der Waals surface area (Å²) in [5.74, 6) is -0.836. The lowest BCUT2D eigenvalue weighted by atomic mass is 10.0. The quantitative estimate of drug-likeness (QED) is 0.712. The Bertz CT molecular complexity index is 1010. The number of amides is 1. The minimum absolute atomic E-state index is 0.132. The minimum atomic E-state index is -0.969. The molecular weight excluding hydrogens is 356 g/mol. The molecule has 3 aromatic rings. The van der Waals surface area contributed by atoms with E-state index in [0.29, 0.717) is 19.5 Å². The number of aryl methyl sites for hydroxylation is 1. The third-order valence-electron chi connectivity index (χ3n) is 5.65. The lowest BCUT2D eigenvalue weighted by molar-refractivity contribution is -0.131. The molecule has 0 aliphatic carbocycles. The Labute approximate surface area is 163 Å². The Morgan fingerprint density at radius 1 is 1.25 bits per heavy atom. The van der Waals surface area contributed by atoms with Crippen LogP contribution in [0.5, 0.6) is 0 Å². The number of H-pyrrole nitrogens is 1. The van der Waals surface area contributed by atoms with Gasteiger partial charge in [-0.3, -0.25) is 9.48 Å². The molecule has 0 bridgehead atoms. The van der Waals surface area contributed by atoms with Crippen LogP contribution in [0.1, 0.15) is 47.3 Å². The highest BCUT2D eigenvalue weighted by Gasteiger charge is 2.25. The van der Waals surface area contributed by atoms with Crippen LogP contribution in [0.25, 0.3) is 10.9 Å². The molecule has 1 aliphatic heterocycles. The summed E-state index contributed by atoms with van der Waals surface area (Å²) in [6.45, 7) is 3.45. The fourth-order valence-corrected chi connectivity index (χ4v) is 4.02. The number of aromatic nitrogens is 3. The molecule has 1 aliphatic rings. The van der Waals surface area contributed by atoms with E-state index in [1.54, 1.807) is 10.9 Å². The summed E-state index contributed by atoms with van der Waals surface area (Å²) < 4.78 is 1.72. The summed E-state index contributed by atoms with van der Waals surface area (Å²) in [7, 11) is 0. The van der Waals surface area contributed by atoms with Gasteiger partial charge in [0.05, 0.1) is 24.2 Å². The zero-order valence-corrected chi connectivity index (χ0v) is 15.9. The number of fused-ring (bicyclic) bond motifs is 1. The van der Waals surface area contributed by atoms with E-state index in [2.05, 4.69) is 29.1 Å². The molecule has 3 heterocycles. The lowest BCUT2D eigenvalue weighted by Gasteiger charge is -2.32. The van der Waals surface area contributed by atoms with Crippen LogP contribution in [0.2, 0.25) is 0 Å². The molecule has 28 heavy (non-hydrogen) atoms. The van der Waals surface area contributed by atoms with Crippen molar-refractivity contribution < 1.29 is 14.7 Å². The Kier molecular flexibility index (Phi) is 4.90. The fraction of sp³-hybridized carbons (Fsp3) is 0.381. The summed E-state index contributed by atoms with van der Waals surface area (Å²) in [4.78, 5) is 29.1. The molecule has 7 heteroatoms. The first kappa shape index (κ1) is 18.3. The maximum Gasteiger partial charge on any atom is 0.338 e. The minimum Gasteiger partial charge on any atom is -0.478 e. The van der Waals surface area contributed by atoms with Crippen molar-refractivity contribution in [3.8, 4) is 0 Å². The van der Waals surface area contributed by atoms with Gasteiger partial charge in [-0.05, 0) is 30.4 Å². The summed E-state index contributed by atoms with van der Waals surface area (Å²) in [6.07, 6.45) is 7.80. The van der Waals surface area contributed by atoms with Gasteiger partial charge in [0, 0.05) is 36.4 Å². The standard InChI is InChI=1S/C21H24N4O3/c1-2-14-4-3-5-18-15(11-22-20(14)18)10-19(26)24-8-6-17(7-9-24)25-13-16(12-23-25)21(27)28/h3-5,11-13,17,22H,2,6-10H2,1H3,(H,27,28). The van der Waals surface area contributed by atoms with E-state index in [1.165, 1.54) is 11.8 Å². The maximum atomic E-state index is 12.8. The summed E-state index contributed by atoms with van der Waals surface area (Å²) in [6, 6.07) is 6.36. The highest BCUT2D eigenvalue weighted by molar-refractivity contribution is 5.90. The van der Waals surface area contributed by atoms with Crippen molar-refractivity contribution in [3.63, 3.8) is 0 Å². The second kappa shape index (κ2) is 7.50. The topological polar surface area (TPSA) is 91.2 Å². The van der Waals surface area contributed by atoms with Crippen LogP contribution < -0.4 is 0 Å². The molecule has 7 nitrogen and oxygen atoms in total. The molecule has 1 aromatic carbocycles. The van der Waals surface area contributed by atoms with Gasteiger partial charge in [0.15, 0.2) is 0 Å². The monoisotopic (exact) mass is 380 g/mol. The fourth-order valence-electron chi connectivity index (χ4n) is 4.02. The van der Waals surface area contributed by atoms with E-state index in [4.69, 9.17) is 5.11 Å². The van der Waals surface area contributed by atoms with Crippen LogP contribution in [-0.4, -0.2) is 49.7 Å². The maximum absolute atomic E-state index is 12.8. The van der Waals surface area contributed by atoms with Gasteiger partial charge < -0.3 is 15.0 Å². The van der Waals surface area contributed by atoms with Crippen LogP contribution in [0, 0.1) is 0 Å². The number of aromatic amines is 1. The largest absolute Gasteiger partial charge is 0.478 e. The highest BCUT2D eigenvalue weighted by Crippen LogP contribution is 2.25. The lowest BCUT2D eigenvalue weighted by Crippen LogP contribution is -2.39. The number of likely N-dealkylation sites (tertiary alicyclic amines) is 1. The molecule has 146 valence electrons. The Morgan fingerprint density at radius 2 is 2.04 bits per heavy atom. The van der Waals surface area contributed by atoms with Crippen molar-refractivity contribution in [2.24, 2.45) is 0 Å². The van der Waals surface area contributed by atoms with Gasteiger partial charge in [-0.1, -0.05) is 25.1 Å². The van der Waals surface area contributed by atoms with E-state index in [1.807, 2.05) is 17.2 Å². The van der Waals surface area contributed by atoms with E-state index < -0.39 is 5.97 Å². The third-order valence-corrected chi connectivity index (χ3v) is 5.65. The second-order valence-corrected chi connectivity index (χ2v) is 7.31. The van der Waals surface area contributed by atoms with Gasteiger partial charge >= 0.3 is 5.97 Å². The first-order chi connectivity index (χ1) is 13.6. The number of hydrogen-bond acceptors (Lipinski definition) is 3. The average Bonchev–Trinajstić information content (AvgIpc) is 3.36. The Hall–Kier alpha value is -3.09. The number of nitrogens with one attached hydrogen (secondary N) is 1. The van der Waals surface area contributed by atoms with E-state index in [-0.39, 0.29) is 17.5 Å². The summed E-state index contributed by atoms with van der Waals surface area (Å²) in [5, 5.41) is 14.3. The molecule has 0 unspecified atom stereocenters. The van der Waals surface area contributed by atoms with Gasteiger partial charge in [0.1, 0.15) is 0 Å². The summed E-state index contributed by atoms with van der Waals surface area (Å²) >= 11 is 0. The molecule has 0 radical (unpaired) electrons. The smallest absolute Gasteiger partial charge is 0.338 e. The predicted octanol–water partition coefficient (Wildman–Crippen LogP) is 3.03. The number of carbonyl (C=O) groups excluding carboxylic acids is 1. The van der Waals surface area contributed by atoms with Crippen LogP contribution in [-0.2, 0) is 17.6 Å². The van der Waals surface area contributed by atoms with Crippen molar-refractivity contribution in [2.45, 2.75) is 38.6 Å². The zero-order chi connectivity index (χ0) is 19.7.